The first-order valence-electron chi connectivity index (χ1n) is 6.94. The van der Waals surface area contributed by atoms with Crippen molar-refractivity contribution >= 4 is 44.6 Å². The topological polar surface area (TPSA) is 32.5 Å². The van der Waals surface area contributed by atoms with Crippen molar-refractivity contribution in [3.63, 3.8) is 0 Å². The average molecular weight is 367 g/mol. The molecule has 5 heteroatoms. The highest BCUT2D eigenvalue weighted by Gasteiger charge is 2.20. The van der Waals surface area contributed by atoms with E-state index in [2.05, 4.69) is 37.9 Å². The largest absolute Gasteiger partial charge is 0.399 e. The molecule has 1 saturated heterocycles. The number of nitrogens with two attached hydrogens (primary N) is 1. The molecule has 21 heavy (non-hydrogen) atoms. The van der Waals surface area contributed by atoms with E-state index in [4.69, 9.17) is 17.3 Å². The van der Waals surface area contributed by atoms with Crippen LogP contribution in [0.15, 0.2) is 46.9 Å². The lowest BCUT2D eigenvalue weighted by atomic mass is 10.2. The number of para-hydroxylation sites is 1. The maximum Gasteiger partial charge on any atom is 0.0639 e. The molecule has 3 rings (SSSR count). The van der Waals surface area contributed by atoms with Gasteiger partial charge in [-0.3, -0.25) is 0 Å². The summed E-state index contributed by atoms with van der Waals surface area (Å²) in [6.07, 6.45) is 0. The SMILES string of the molecule is Nc1ccc(N2CCN(c3ccccc3Cl)CC2)c(Br)c1. The van der Waals surface area contributed by atoms with E-state index < -0.39 is 0 Å². The highest BCUT2D eigenvalue weighted by molar-refractivity contribution is 9.10. The maximum absolute atomic E-state index is 6.28. The van der Waals surface area contributed by atoms with Crippen LogP contribution in [0, 0.1) is 0 Å². The molecule has 3 nitrogen and oxygen atoms in total. The van der Waals surface area contributed by atoms with E-state index >= 15 is 0 Å². The van der Waals surface area contributed by atoms with E-state index in [9.17, 15) is 0 Å². The van der Waals surface area contributed by atoms with E-state index in [1.807, 2.05) is 30.3 Å². The van der Waals surface area contributed by atoms with Crippen molar-refractivity contribution in [2.24, 2.45) is 0 Å². The van der Waals surface area contributed by atoms with Crippen LogP contribution in [0.2, 0.25) is 5.02 Å². The van der Waals surface area contributed by atoms with E-state index in [1.165, 1.54) is 5.69 Å². The van der Waals surface area contributed by atoms with Gasteiger partial charge in [-0.1, -0.05) is 23.7 Å². The van der Waals surface area contributed by atoms with Gasteiger partial charge in [0, 0.05) is 36.3 Å². The minimum atomic E-state index is 0.778. The molecule has 1 aliphatic heterocycles. The van der Waals surface area contributed by atoms with Gasteiger partial charge < -0.3 is 15.5 Å². The first kappa shape index (κ1) is 14.5. The van der Waals surface area contributed by atoms with E-state index in [-0.39, 0.29) is 0 Å². The van der Waals surface area contributed by atoms with Crippen LogP contribution >= 0.6 is 27.5 Å². The summed E-state index contributed by atoms with van der Waals surface area (Å²) in [5.74, 6) is 0. The summed E-state index contributed by atoms with van der Waals surface area (Å²) in [5.41, 5.74) is 8.90. The standard InChI is InChI=1S/C16H17BrClN3/c17-13-11-12(19)5-6-15(13)20-7-9-21(10-8-20)16-4-2-1-3-14(16)18/h1-6,11H,7-10,19H2. The van der Waals surface area contributed by atoms with E-state index in [0.29, 0.717) is 0 Å². The number of hydrogen-bond donors (Lipinski definition) is 1. The van der Waals surface area contributed by atoms with Crippen LogP contribution in [-0.2, 0) is 0 Å². The number of nitrogen functional groups attached to an aromatic ring is 1. The molecule has 0 amide bonds. The summed E-state index contributed by atoms with van der Waals surface area (Å²) < 4.78 is 1.05. The minimum Gasteiger partial charge on any atom is -0.399 e. The Bertz CT molecular complexity index is 639. The molecule has 0 saturated carbocycles. The van der Waals surface area contributed by atoms with Gasteiger partial charge >= 0.3 is 0 Å². The fraction of sp³-hybridized carbons (Fsp3) is 0.250. The zero-order chi connectivity index (χ0) is 14.8. The van der Waals surface area contributed by atoms with Crippen molar-refractivity contribution in [3.8, 4) is 0 Å². The Balaban J connectivity index is 1.72. The molecule has 0 bridgehead atoms. The molecule has 1 aliphatic rings. The number of rotatable bonds is 2. The summed E-state index contributed by atoms with van der Waals surface area (Å²) in [6.45, 7) is 3.85. The van der Waals surface area contributed by atoms with Gasteiger partial charge in [-0.05, 0) is 46.3 Å². The lowest BCUT2D eigenvalue weighted by molar-refractivity contribution is 0.653. The summed E-state index contributed by atoms with van der Waals surface area (Å²) in [5, 5.41) is 0.819. The van der Waals surface area contributed by atoms with Crippen molar-refractivity contribution in [3.05, 3.63) is 52.0 Å². The average Bonchev–Trinajstić information content (AvgIpc) is 2.48. The molecular formula is C16H17BrClN3. The van der Waals surface area contributed by atoms with Crippen molar-refractivity contribution in [2.75, 3.05) is 41.7 Å². The van der Waals surface area contributed by atoms with Gasteiger partial charge in [-0.25, -0.2) is 0 Å². The maximum atomic E-state index is 6.28. The molecule has 0 atom stereocenters. The zero-order valence-electron chi connectivity index (χ0n) is 11.6. The summed E-state index contributed by atoms with van der Waals surface area (Å²) >= 11 is 9.87. The molecule has 2 N–H and O–H groups in total. The zero-order valence-corrected chi connectivity index (χ0v) is 13.9. The fourth-order valence-electron chi connectivity index (χ4n) is 2.68. The van der Waals surface area contributed by atoms with Crippen LogP contribution in [0.5, 0.6) is 0 Å². The van der Waals surface area contributed by atoms with Crippen LogP contribution < -0.4 is 15.5 Å². The highest BCUT2D eigenvalue weighted by Crippen LogP contribution is 2.31. The van der Waals surface area contributed by atoms with Gasteiger partial charge in [-0.15, -0.1) is 0 Å². The number of hydrogen-bond acceptors (Lipinski definition) is 3. The van der Waals surface area contributed by atoms with Crippen molar-refractivity contribution in [1.29, 1.82) is 0 Å². The van der Waals surface area contributed by atoms with Crippen molar-refractivity contribution < 1.29 is 0 Å². The molecule has 0 aliphatic carbocycles. The second kappa shape index (κ2) is 6.16. The van der Waals surface area contributed by atoms with Crippen LogP contribution in [0.1, 0.15) is 0 Å². The Labute approximate surface area is 138 Å². The lowest BCUT2D eigenvalue weighted by Crippen LogP contribution is -2.46. The summed E-state index contributed by atoms with van der Waals surface area (Å²) in [7, 11) is 0. The molecule has 2 aromatic rings. The number of nitrogens with zero attached hydrogens (tertiary/aromatic N) is 2. The molecule has 2 aromatic carbocycles. The predicted octanol–water partition coefficient (Wildman–Crippen LogP) is 4.01. The van der Waals surface area contributed by atoms with Crippen LogP contribution in [0.25, 0.3) is 0 Å². The van der Waals surface area contributed by atoms with Gasteiger partial charge in [0.05, 0.1) is 16.4 Å². The lowest BCUT2D eigenvalue weighted by Gasteiger charge is -2.38. The van der Waals surface area contributed by atoms with Crippen LogP contribution in [-0.4, -0.2) is 26.2 Å². The molecule has 1 fully saturated rings. The molecule has 0 spiro atoms. The molecule has 1 heterocycles. The second-order valence-corrected chi connectivity index (χ2v) is 6.40. The minimum absolute atomic E-state index is 0.778. The Morgan fingerprint density at radius 1 is 0.905 bits per heavy atom. The van der Waals surface area contributed by atoms with E-state index in [1.54, 1.807) is 0 Å². The Morgan fingerprint density at radius 2 is 1.52 bits per heavy atom. The van der Waals surface area contributed by atoms with Gasteiger partial charge in [0.1, 0.15) is 0 Å². The number of benzene rings is 2. The highest BCUT2D eigenvalue weighted by atomic mass is 79.9. The van der Waals surface area contributed by atoms with Gasteiger partial charge in [0.2, 0.25) is 0 Å². The van der Waals surface area contributed by atoms with Crippen LogP contribution in [0.3, 0.4) is 0 Å². The molecule has 0 aromatic heterocycles. The fourth-order valence-corrected chi connectivity index (χ4v) is 3.58. The molecule has 0 unspecified atom stereocenters. The first-order chi connectivity index (χ1) is 10.1. The van der Waals surface area contributed by atoms with Gasteiger partial charge in [0.25, 0.3) is 0 Å². The Morgan fingerprint density at radius 3 is 2.14 bits per heavy atom. The number of piperazine rings is 1. The smallest absolute Gasteiger partial charge is 0.0639 e. The molecular weight excluding hydrogens is 350 g/mol. The monoisotopic (exact) mass is 365 g/mol. The van der Waals surface area contributed by atoms with E-state index in [0.717, 1.165) is 47.0 Å². The number of anilines is 3. The van der Waals surface area contributed by atoms with Gasteiger partial charge in [-0.2, -0.15) is 0 Å². The Kier molecular flexibility index (Phi) is 4.27. The van der Waals surface area contributed by atoms with Crippen molar-refractivity contribution in [2.45, 2.75) is 0 Å². The quantitative estimate of drug-likeness (QED) is 0.815. The predicted molar refractivity (Wildman–Crippen MR) is 94.4 cm³/mol. The number of halogens is 2. The first-order valence-corrected chi connectivity index (χ1v) is 8.12. The molecule has 0 radical (unpaired) electrons. The summed E-state index contributed by atoms with van der Waals surface area (Å²) in [4.78, 5) is 4.71. The second-order valence-electron chi connectivity index (χ2n) is 5.14. The third-order valence-electron chi connectivity index (χ3n) is 3.79. The third-order valence-corrected chi connectivity index (χ3v) is 4.74. The van der Waals surface area contributed by atoms with Crippen LogP contribution in [0.4, 0.5) is 17.1 Å². The third kappa shape index (κ3) is 3.11. The Hall–Kier alpha value is -1.39. The normalized spacial score (nSPS) is 15.3. The molecule has 110 valence electrons. The summed E-state index contributed by atoms with van der Waals surface area (Å²) in [6, 6.07) is 14.0. The van der Waals surface area contributed by atoms with Gasteiger partial charge in [0.15, 0.2) is 0 Å². The van der Waals surface area contributed by atoms with Crippen molar-refractivity contribution in [1.82, 2.24) is 0 Å².